The van der Waals surface area contributed by atoms with Gasteiger partial charge in [0.1, 0.15) is 17.3 Å². The Morgan fingerprint density at radius 2 is 1.24 bits per heavy atom. The zero-order chi connectivity index (χ0) is 39.4. The third kappa shape index (κ3) is 6.22. The van der Waals surface area contributed by atoms with Gasteiger partial charge in [0.25, 0.3) is 11.4 Å². The van der Waals surface area contributed by atoms with Crippen LogP contribution in [0.25, 0.3) is 61.8 Å². The summed E-state index contributed by atoms with van der Waals surface area (Å²) in [6.45, 7) is 6.73. The van der Waals surface area contributed by atoms with Gasteiger partial charge >= 0.3 is 6.01 Å². The highest BCUT2D eigenvalue weighted by atomic mass is 16.5. The van der Waals surface area contributed by atoms with Crippen molar-refractivity contribution in [3.63, 3.8) is 0 Å². The Morgan fingerprint density at radius 1 is 0.586 bits per heavy atom. The minimum Gasteiger partial charge on any atom is -0.456 e. The van der Waals surface area contributed by atoms with Crippen molar-refractivity contribution in [3.8, 4) is 51.5 Å². The highest BCUT2D eigenvalue weighted by Crippen LogP contribution is 2.43. The molecule has 0 atom stereocenters. The lowest BCUT2D eigenvalue weighted by molar-refractivity contribution is -0.394. The van der Waals surface area contributed by atoms with Crippen LogP contribution in [0.2, 0.25) is 0 Å². The topological polar surface area (TPSA) is 71.7 Å². The Hall–Kier alpha value is -7.54. The molecule has 8 heteroatoms. The molecule has 0 spiro atoms. The number of benzene rings is 6. The molecule has 0 saturated heterocycles. The normalized spacial score (nSPS) is 12.4. The first kappa shape index (κ1) is 34.9. The quantitative estimate of drug-likeness (QED) is 0.152. The molecule has 1 aliphatic rings. The maximum atomic E-state index is 7.04. The Balaban J connectivity index is 1.24. The van der Waals surface area contributed by atoms with E-state index in [1.807, 2.05) is 127 Å². The molecule has 0 aliphatic carbocycles. The summed E-state index contributed by atoms with van der Waals surface area (Å²) in [5.41, 5.74) is 8.74. The molecule has 9 aromatic rings. The van der Waals surface area contributed by atoms with Gasteiger partial charge in [0.15, 0.2) is 24.5 Å². The van der Waals surface area contributed by atoms with E-state index in [0.29, 0.717) is 29.0 Å². The minimum absolute atomic E-state index is 0.0621. The van der Waals surface area contributed by atoms with Gasteiger partial charge in [-0.15, -0.1) is 0 Å². The molecule has 0 amide bonds. The zero-order valence-electron chi connectivity index (χ0n) is 32.6. The van der Waals surface area contributed by atoms with Gasteiger partial charge in [0.2, 0.25) is 5.69 Å². The molecular weight excluding hydrogens is 715 g/mol. The Kier molecular flexibility index (Phi) is 8.36. The van der Waals surface area contributed by atoms with Crippen molar-refractivity contribution in [2.45, 2.75) is 26.2 Å². The Morgan fingerprint density at radius 3 is 1.93 bits per heavy atom. The fourth-order valence-electron chi connectivity index (χ4n) is 7.64. The van der Waals surface area contributed by atoms with E-state index in [1.54, 1.807) is 0 Å². The monoisotopic (exact) mass is 753 g/mol. The van der Waals surface area contributed by atoms with E-state index in [4.69, 9.17) is 24.7 Å². The summed E-state index contributed by atoms with van der Waals surface area (Å²) < 4.78 is 13.3. The van der Waals surface area contributed by atoms with Crippen LogP contribution in [0.15, 0.2) is 164 Å². The van der Waals surface area contributed by atoms with Gasteiger partial charge in [-0.1, -0.05) is 116 Å². The molecule has 1 aliphatic heterocycles. The van der Waals surface area contributed by atoms with Crippen LogP contribution in [-0.4, -0.2) is 42.1 Å². The third-order valence-corrected chi connectivity index (χ3v) is 10.6. The second-order valence-corrected chi connectivity index (χ2v) is 15.5. The average molecular weight is 754 g/mol. The van der Waals surface area contributed by atoms with E-state index in [-0.39, 0.29) is 5.41 Å². The van der Waals surface area contributed by atoms with Crippen LogP contribution in [0.1, 0.15) is 26.3 Å². The molecule has 0 unspecified atom stereocenters. The second-order valence-electron chi connectivity index (χ2n) is 15.5. The van der Waals surface area contributed by atoms with E-state index >= 15 is 0 Å². The number of rotatable bonds is 7. The van der Waals surface area contributed by atoms with Gasteiger partial charge in [-0.2, -0.15) is 0 Å². The van der Waals surface area contributed by atoms with Crippen LogP contribution < -0.4 is 9.31 Å². The fourth-order valence-corrected chi connectivity index (χ4v) is 7.64. The van der Waals surface area contributed by atoms with Crippen LogP contribution in [0.3, 0.4) is 0 Å². The number of aromatic nitrogens is 5. The van der Waals surface area contributed by atoms with Gasteiger partial charge in [0, 0.05) is 52.4 Å². The maximum absolute atomic E-state index is 7.04. The van der Waals surface area contributed by atoms with Gasteiger partial charge < -0.3 is 4.74 Å². The summed E-state index contributed by atoms with van der Waals surface area (Å²) in [5, 5.41) is 2.14. The molecule has 3 aromatic heterocycles. The summed E-state index contributed by atoms with van der Waals surface area (Å²) in [4.78, 5) is 20.2. The third-order valence-electron chi connectivity index (χ3n) is 10.6. The van der Waals surface area contributed by atoms with Gasteiger partial charge in [-0.05, 0) is 52.0 Å². The van der Waals surface area contributed by atoms with E-state index in [2.05, 4.69) is 84.5 Å². The van der Waals surface area contributed by atoms with Gasteiger partial charge in [-0.25, -0.2) is 19.9 Å². The van der Waals surface area contributed by atoms with Crippen molar-refractivity contribution in [1.82, 2.24) is 29.1 Å². The number of fused-ring (bicyclic) bond motifs is 4. The number of hydrogen-bond donors (Lipinski definition) is 0. The standard InChI is InChI=1S/C50H39N7O/c1-50(2,3)35-25-26-41-38(28-35)39-30-40(49-53-47(33-16-7-5-8-17-33)52-48(54-49)34-18-9-6-10-19-34)45(31-44(39)57(41)46-24-13-14-27-51-46)58-37-21-15-20-36(29-37)56-32-55(4)42-22-11-12-23-43(42)56/h5-31H,1-4H3/q+2. The highest BCUT2D eigenvalue weighted by molar-refractivity contribution is 6.11. The minimum atomic E-state index is -0.0621. The summed E-state index contributed by atoms with van der Waals surface area (Å²) >= 11 is 0. The van der Waals surface area contributed by atoms with Crippen molar-refractivity contribution in [3.05, 3.63) is 169 Å². The van der Waals surface area contributed by atoms with Crippen molar-refractivity contribution in [2.75, 3.05) is 7.05 Å². The number of pyridine rings is 1. The molecule has 0 saturated carbocycles. The number of nitrogens with zero attached hydrogens (tertiary/aromatic N) is 7. The van der Waals surface area contributed by atoms with Gasteiger partial charge in [0.05, 0.1) is 22.7 Å². The molecule has 4 heterocycles. The van der Waals surface area contributed by atoms with Crippen LogP contribution in [0.5, 0.6) is 11.5 Å². The summed E-state index contributed by atoms with van der Waals surface area (Å²) in [7, 11) is 2.01. The summed E-state index contributed by atoms with van der Waals surface area (Å²) in [6, 6.07) is 56.9. The molecule has 6 aromatic carbocycles. The number of ether oxygens (including phenoxy) is 1. The predicted octanol–water partition coefficient (Wildman–Crippen LogP) is 11.8. The van der Waals surface area contributed by atoms with E-state index in [1.165, 1.54) is 5.56 Å². The smallest absolute Gasteiger partial charge is 0.456 e. The Labute approximate surface area is 336 Å². The molecule has 8 nitrogen and oxygen atoms in total. The Bertz CT molecular complexity index is 3050. The van der Waals surface area contributed by atoms with E-state index in [9.17, 15) is 0 Å². The summed E-state index contributed by atoms with van der Waals surface area (Å²) in [6.07, 6.45) is 1.83. The number of hydrogen-bond acceptors (Lipinski definition) is 5. The van der Waals surface area contributed by atoms with Crippen molar-refractivity contribution in [2.24, 2.45) is 0 Å². The van der Waals surface area contributed by atoms with Crippen molar-refractivity contribution < 1.29 is 9.31 Å². The van der Waals surface area contributed by atoms with Crippen LogP contribution in [0.4, 0.5) is 17.1 Å². The largest absolute Gasteiger partial charge is 0.496 e. The molecule has 0 bridgehead atoms. The average Bonchev–Trinajstić information content (AvgIpc) is 3.77. The first-order chi connectivity index (χ1) is 28.3. The highest BCUT2D eigenvalue weighted by Gasteiger charge is 2.32. The van der Waals surface area contributed by atoms with E-state index < -0.39 is 0 Å². The van der Waals surface area contributed by atoms with Crippen LogP contribution in [0, 0.1) is 0 Å². The molecule has 0 radical (unpaired) electrons. The van der Waals surface area contributed by atoms with E-state index in [0.717, 1.165) is 61.4 Å². The van der Waals surface area contributed by atoms with Crippen molar-refractivity contribution >= 4 is 44.9 Å². The van der Waals surface area contributed by atoms with Crippen LogP contribution >= 0.6 is 0 Å². The molecule has 0 fully saturated rings. The first-order valence-corrected chi connectivity index (χ1v) is 19.4. The lowest BCUT2D eigenvalue weighted by Crippen LogP contribution is -2.10. The zero-order valence-corrected chi connectivity index (χ0v) is 32.6. The molecule has 58 heavy (non-hydrogen) atoms. The first-order valence-electron chi connectivity index (χ1n) is 19.4. The molecular formula is C50H39N7O+2. The lowest BCUT2D eigenvalue weighted by atomic mass is 9.86. The molecule has 0 N–H and O–H groups in total. The molecule has 10 rings (SSSR count). The fraction of sp³-hybridized carbons (Fsp3) is 0.100. The second kappa shape index (κ2) is 13.9. The van der Waals surface area contributed by atoms with Crippen LogP contribution in [-0.2, 0) is 5.41 Å². The SMILES string of the molecule is C[N+]1=C=[N+](c2cccc(Oc3cc4c(cc3-c3nc(-c5ccccc5)nc(-c5ccccc5)n3)c3cc(C(C)(C)C)ccc3n4-c3ccccn3)c2)c2ccccc21. The lowest BCUT2D eigenvalue weighted by Gasteiger charge is -2.19. The molecule has 278 valence electrons. The predicted molar refractivity (Wildman–Crippen MR) is 232 cm³/mol. The maximum Gasteiger partial charge on any atom is 0.496 e. The summed E-state index contributed by atoms with van der Waals surface area (Å²) in [5.74, 6) is 3.72. The number of para-hydroxylation sites is 2. The van der Waals surface area contributed by atoms with Gasteiger partial charge in [-0.3, -0.25) is 4.57 Å². The van der Waals surface area contributed by atoms with Crippen molar-refractivity contribution in [1.29, 1.82) is 0 Å².